The molecule has 0 bridgehead atoms. The van der Waals surface area contributed by atoms with Gasteiger partial charge in [-0.2, -0.15) is 0 Å². The number of anilines is 2. The van der Waals surface area contributed by atoms with Crippen LogP contribution in [0.4, 0.5) is 11.4 Å². The number of para-hydroxylation sites is 1. The first kappa shape index (κ1) is 17.9. The van der Waals surface area contributed by atoms with E-state index in [0.717, 1.165) is 34.7 Å². The number of amides is 1. The van der Waals surface area contributed by atoms with Crippen molar-refractivity contribution in [3.05, 3.63) is 53.6 Å². The average molecular weight is 326 g/mol. The van der Waals surface area contributed by atoms with E-state index in [1.165, 1.54) is 0 Å². The third-order valence-corrected chi connectivity index (χ3v) is 3.94. The molecule has 2 N–H and O–H groups in total. The highest BCUT2D eigenvalue weighted by Crippen LogP contribution is 2.20. The third-order valence-electron chi connectivity index (χ3n) is 3.94. The predicted octanol–water partition coefficient (Wildman–Crippen LogP) is 4.53. The van der Waals surface area contributed by atoms with Crippen molar-refractivity contribution < 1.29 is 9.53 Å². The lowest BCUT2D eigenvalue weighted by atomic mass is 10.1. The number of ether oxygens (including phenoxy) is 1. The number of rotatable bonds is 7. The fourth-order valence-corrected chi connectivity index (χ4v) is 2.43. The van der Waals surface area contributed by atoms with Crippen LogP contribution >= 0.6 is 0 Å². The highest BCUT2D eigenvalue weighted by atomic mass is 16.5. The summed E-state index contributed by atoms with van der Waals surface area (Å²) in [5.74, 6) is 0.684. The normalized spacial score (nSPS) is 11.7. The van der Waals surface area contributed by atoms with Gasteiger partial charge >= 0.3 is 0 Å². The predicted molar refractivity (Wildman–Crippen MR) is 99.9 cm³/mol. The Bertz CT molecular complexity index is 678. The van der Waals surface area contributed by atoms with Crippen molar-refractivity contribution >= 4 is 17.3 Å². The molecule has 128 valence electrons. The molecule has 1 atom stereocenters. The number of hydrogen-bond acceptors (Lipinski definition) is 3. The molecule has 0 radical (unpaired) electrons. The van der Waals surface area contributed by atoms with Gasteiger partial charge in [-0.25, -0.2) is 0 Å². The summed E-state index contributed by atoms with van der Waals surface area (Å²) in [7, 11) is 0. The first-order valence-corrected chi connectivity index (χ1v) is 8.36. The van der Waals surface area contributed by atoms with Crippen molar-refractivity contribution in [3.8, 4) is 5.75 Å². The molecule has 24 heavy (non-hydrogen) atoms. The Labute approximate surface area is 144 Å². The molecule has 0 aliphatic rings. The summed E-state index contributed by atoms with van der Waals surface area (Å²) in [5.41, 5.74) is 4.02. The third kappa shape index (κ3) is 5.01. The summed E-state index contributed by atoms with van der Waals surface area (Å²) in [6, 6.07) is 13.6. The van der Waals surface area contributed by atoms with Crippen LogP contribution in [0, 0.1) is 13.8 Å². The van der Waals surface area contributed by atoms with Crippen LogP contribution in [0.25, 0.3) is 0 Å². The molecule has 0 saturated carbocycles. The van der Waals surface area contributed by atoms with Gasteiger partial charge in [0, 0.05) is 17.4 Å². The van der Waals surface area contributed by atoms with Crippen molar-refractivity contribution in [2.45, 2.75) is 40.2 Å². The maximum atomic E-state index is 12.2. The summed E-state index contributed by atoms with van der Waals surface area (Å²) < 4.78 is 5.78. The SMILES string of the molecule is CCC(C)Oc1cccc(NC(=O)CNc2c(C)cccc2C)c1. The van der Waals surface area contributed by atoms with Gasteiger partial charge in [-0.15, -0.1) is 0 Å². The van der Waals surface area contributed by atoms with Crippen molar-refractivity contribution in [1.29, 1.82) is 0 Å². The van der Waals surface area contributed by atoms with Gasteiger partial charge in [0.1, 0.15) is 5.75 Å². The molecule has 0 spiro atoms. The standard InChI is InChI=1S/C20H26N2O2/c1-5-16(4)24-18-11-7-10-17(12-18)22-19(23)13-21-20-14(2)8-6-9-15(20)3/h6-12,16,21H,5,13H2,1-4H3,(H,22,23). The molecule has 2 rings (SSSR count). The Hall–Kier alpha value is -2.49. The fraction of sp³-hybridized carbons (Fsp3) is 0.350. The molecule has 0 saturated heterocycles. The largest absolute Gasteiger partial charge is 0.491 e. The second kappa shape index (κ2) is 8.39. The zero-order valence-corrected chi connectivity index (χ0v) is 14.8. The van der Waals surface area contributed by atoms with Gasteiger partial charge in [0.15, 0.2) is 0 Å². The smallest absolute Gasteiger partial charge is 0.243 e. The maximum absolute atomic E-state index is 12.2. The molecule has 0 heterocycles. The fourth-order valence-electron chi connectivity index (χ4n) is 2.43. The lowest BCUT2D eigenvalue weighted by Crippen LogP contribution is -2.22. The van der Waals surface area contributed by atoms with E-state index in [1.807, 2.05) is 63.2 Å². The molecule has 1 amide bonds. The van der Waals surface area contributed by atoms with Gasteiger partial charge in [-0.1, -0.05) is 31.2 Å². The number of nitrogens with one attached hydrogen (secondary N) is 2. The summed E-state index contributed by atoms with van der Waals surface area (Å²) in [6.07, 6.45) is 1.10. The molecule has 4 heteroatoms. The van der Waals surface area contributed by atoms with Crippen molar-refractivity contribution in [2.75, 3.05) is 17.2 Å². The maximum Gasteiger partial charge on any atom is 0.243 e. The molecular weight excluding hydrogens is 300 g/mol. The van der Waals surface area contributed by atoms with Crippen LogP contribution in [-0.2, 0) is 4.79 Å². The van der Waals surface area contributed by atoms with E-state index in [4.69, 9.17) is 4.74 Å². The molecule has 0 fully saturated rings. The zero-order chi connectivity index (χ0) is 17.5. The topological polar surface area (TPSA) is 50.4 Å². The van der Waals surface area contributed by atoms with E-state index < -0.39 is 0 Å². The Kier molecular flexibility index (Phi) is 6.24. The molecule has 0 aliphatic heterocycles. The molecule has 2 aromatic rings. The van der Waals surface area contributed by atoms with E-state index in [1.54, 1.807) is 0 Å². The van der Waals surface area contributed by atoms with Crippen LogP contribution in [0.2, 0.25) is 0 Å². The highest BCUT2D eigenvalue weighted by molar-refractivity contribution is 5.94. The quantitative estimate of drug-likeness (QED) is 0.786. The van der Waals surface area contributed by atoms with Crippen molar-refractivity contribution in [3.63, 3.8) is 0 Å². The van der Waals surface area contributed by atoms with E-state index in [9.17, 15) is 4.79 Å². The minimum atomic E-state index is -0.0849. The number of carbonyl (C=O) groups is 1. The molecular formula is C20H26N2O2. The first-order chi connectivity index (χ1) is 11.5. The number of aryl methyl sites for hydroxylation is 2. The molecule has 1 unspecified atom stereocenters. The summed E-state index contributed by atoms with van der Waals surface area (Å²) in [4.78, 5) is 12.2. The number of hydrogen-bond donors (Lipinski definition) is 2. The Balaban J connectivity index is 1.94. The Morgan fingerprint density at radius 1 is 1.12 bits per heavy atom. The van der Waals surface area contributed by atoms with E-state index in [0.29, 0.717) is 0 Å². The van der Waals surface area contributed by atoms with Crippen LogP contribution in [0.3, 0.4) is 0 Å². The van der Waals surface area contributed by atoms with E-state index in [-0.39, 0.29) is 18.6 Å². The van der Waals surface area contributed by atoms with Crippen molar-refractivity contribution in [2.24, 2.45) is 0 Å². The highest BCUT2D eigenvalue weighted by Gasteiger charge is 2.07. The first-order valence-electron chi connectivity index (χ1n) is 8.36. The molecule has 4 nitrogen and oxygen atoms in total. The lowest BCUT2D eigenvalue weighted by Gasteiger charge is -2.14. The number of benzene rings is 2. The zero-order valence-electron chi connectivity index (χ0n) is 14.8. The van der Waals surface area contributed by atoms with Crippen molar-refractivity contribution in [1.82, 2.24) is 0 Å². The van der Waals surface area contributed by atoms with E-state index >= 15 is 0 Å². The Morgan fingerprint density at radius 2 is 1.79 bits per heavy atom. The summed E-state index contributed by atoms with van der Waals surface area (Å²) in [6.45, 7) is 8.39. The Morgan fingerprint density at radius 3 is 2.46 bits per heavy atom. The van der Waals surface area contributed by atoms with Crippen LogP contribution < -0.4 is 15.4 Å². The second-order valence-corrected chi connectivity index (χ2v) is 6.03. The van der Waals surface area contributed by atoms with Gasteiger partial charge in [0.25, 0.3) is 0 Å². The van der Waals surface area contributed by atoms with Gasteiger partial charge in [0.2, 0.25) is 5.91 Å². The van der Waals surface area contributed by atoms with Crippen LogP contribution in [0.1, 0.15) is 31.4 Å². The number of carbonyl (C=O) groups excluding carboxylic acids is 1. The van der Waals surface area contributed by atoms with Gasteiger partial charge in [0.05, 0.1) is 12.6 Å². The minimum Gasteiger partial charge on any atom is -0.491 e. The van der Waals surface area contributed by atoms with Crippen LogP contribution in [0.5, 0.6) is 5.75 Å². The molecule has 0 aromatic heterocycles. The van der Waals surface area contributed by atoms with Gasteiger partial charge in [-0.3, -0.25) is 4.79 Å². The molecule has 2 aromatic carbocycles. The average Bonchev–Trinajstić information content (AvgIpc) is 2.54. The van der Waals surface area contributed by atoms with Crippen LogP contribution in [0.15, 0.2) is 42.5 Å². The molecule has 0 aliphatic carbocycles. The summed E-state index contributed by atoms with van der Waals surface area (Å²) in [5, 5.41) is 6.12. The lowest BCUT2D eigenvalue weighted by molar-refractivity contribution is -0.114. The summed E-state index contributed by atoms with van der Waals surface area (Å²) >= 11 is 0. The monoisotopic (exact) mass is 326 g/mol. The second-order valence-electron chi connectivity index (χ2n) is 6.03. The minimum absolute atomic E-state index is 0.0849. The van der Waals surface area contributed by atoms with E-state index in [2.05, 4.69) is 17.6 Å². The van der Waals surface area contributed by atoms with Crippen LogP contribution in [-0.4, -0.2) is 18.6 Å². The van der Waals surface area contributed by atoms with Gasteiger partial charge in [-0.05, 0) is 50.5 Å². The van der Waals surface area contributed by atoms with Gasteiger partial charge < -0.3 is 15.4 Å².